The van der Waals surface area contributed by atoms with Crippen LogP contribution in [0.1, 0.15) is 38.2 Å². The third kappa shape index (κ3) is 4.68. The Morgan fingerprint density at radius 1 is 1.17 bits per heavy atom. The smallest absolute Gasteiger partial charge is 0.357 e. The summed E-state index contributed by atoms with van der Waals surface area (Å²) in [7, 11) is 0. The van der Waals surface area contributed by atoms with Gasteiger partial charge in [0, 0.05) is 5.39 Å². The fourth-order valence-electron chi connectivity index (χ4n) is 2.11. The number of esters is 2. The van der Waals surface area contributed by atoms with E-state index in [0.717, 1.165) is 5.39 Å². The zero-order valence-corrected chi connectivity index (χ0v) is 14.4. The minimum atomic E-state index is -0.588. The maximum Gasteiger partial charge on any atom is 0.357 e. The van der Waals surface area contributed by atoms with E-state index in [1.165, 1.54) is 0 Å². The van der Waals surface area contributed by atoms with Gasteiger partial charge in [-0.15, -0.1) is 0 Å². The van der Waals surface area contributed by atoms with Crippen LogP contribution < -0.4 is 5.32 Å². The van der Waals surface area contributed by atoms with Crippen LogP contribution >= 0.6 is 0 Å². The maximum absolute atomic E-state index is 12.2. The lowest BCUT2D eigenvalue weighted by Crippen LogP contribution is -2.24. The maximum atomic E-state index is 12.2. The molecule has 1 heterocycles. The van der Waals surface area contributed by atoms with E-state index in [1.54, 1.807) is 45.9 Å². The molecular weight excluding hydrogens is 308 g/mol. The summed E-state index contributed by atoms with van der Waals surface area (Å²) < 4.78 is 10.2. The number of carbonyl (C=O) groups is 2. The van der Waals surface area contributed by atoms with Crippen molar-refractivity contribution in [3.05, 3.63) is 36.0 Å². The Morgan fingerprint density at radius 3 is 2.58 bits per heavy atom. The Labute approximate surface area is 141 Å². The summed E-state index contributed by atoms with van der Waals surface area (Å²) in [5.41, 5.74) is 0.897. The molecule has 2 aromatic rings. The Balaban J connectivity index is 2.28. The van der Waals surface area contributed by atoms with Gasteiger partial charge in [0.1, 0.15) is 17.8 Å². The molecule has 1 aromatic carbocycles. The molecule has 0 unspecified atom stereocenters. The molecule has 0 saturated heterocycles. The molecule has 1 N–H and O–H groups in total. The number of para-hydroxylation sites is 1. The number of anilines is 1. The van der Waals surface area contributed by atoms with Crippen molar-refractivity contribution >= 4 is 28.5 Å². The van der Waals surface area contributed by atoms with Crippen LogP contribution in [0.2, 0.25) is 0 Å². The average Bonchev–Trinajstić information content (AvgIpc) is 2.51. The molecule has 0 aliphatic carbocycles. The van der Waals surface area contributed by atoms with Gasteiger partial charge < -0.3 is 14.8 Å². The Morgan fingerprint density at radius 2 is 1.92 bits per heavy atom. The van der Waals surface area contributed by atoms with Crippen molar-refractivity contribution in [3.8, 4) is 0 Å². The van der Waals surface area contributed by atoms with E-state index < -0.39 is 11.6 Å². The van der Waals surface area contributed by atoms with Gasteiger partial charge in [0.15, 0.2) is 0 Å². The molecule has 0 aliphatic heterocycles. The molecule has 0 bridgehead atoms. The zero-order chi connectivity index (χ0) is 17.7. The number of pyridine rings is 1. The number of hydrogen-bond acceptors (Lipinski definition) is 6. The quantitative estimate of drug-likeness (QED) is 0.849. The van der Waals surface area contributed by atoms with Crippen LogP contribution in [-0.4, -0.2) is 35.7 Å². The summed E-state index contributed by atoms with van der Waals surface area (Å²) in [5.74, 6) is -0.831. The van der Waals surface area contributed by atoms with Crippen LogP contribution in [0.4, 0.5) is 5.69 Å². The van der Waals surface area contributed by atoms with E-state index in [-0.39, 0.29) is 18.2 Å². The number of rotatable bonds is 5. The highest BCUT2D eigenvalue weighted by Gasteiger charge is 2.19. The van der Waals surface area contributed by atoms with Gasteiger partial charge >= 0.3 is 11.9 Å². The fraction of sp³-hybridized carbons (Fsp3) is 0.389. The third-order valence-electron chi connectivity index (χ3n) is 3.06. The largest absolute Gasteiger partial charge is 0.465 e. The lowest BCUT2D eigenvalue weighted by Gasteiger charge is -2.19. The van der Waals surface area contributed by atoms with Crippen molar-refractivity contribution < 1.29 is 19.1 Å². The molecule has 0 radical (unpaired) electrons. The Hall–Kier alpha value is -2.63. The van der Waals surface area contributed by atoms with Crippen LogP contribution in [0.15, 0.2) is 30.3 Å². The summed E-state index contributed by atoms with van der Waals surface area (Å²) in [6, 6.07) is 8.97. The van der Waals surface area contributed by atoms with Crippen molar-refractivity contribution in [3.63, 3.8) is 0 Å². The van der Waals surface area contributed by atoms with E-state index in [1.807, 2.05) is 12.1 Å². The van der Waals surface area contributed by atoms with Crippen LogP contribution in [0.25, 0.3) is 10.9 Å². The molecular formula is C18H22N2O4. The molecule has 2 rings (SSSR count). The average molecular weight is 330 g/mol. The summed E-state index contributed by atoms with van der Waals surface area (Å²) >= 11 is 0. The van der Waals surface area contributed by atoms with Crippen molar-refractivity contribution in [2.75, 3.05) is 18.5 Å². The number of aromatic nitrogens is 1. The number of nitrogens with one attached hydrogen (secondary N) is 1. The highest BCUT2D eigenvalue weighted by Crippen LogP contribution is 2.22. The molecule has 0 amide bonds. The molecule has 128 valence electrons. The van der Waals surface area contributed by atoms with Gasteiger partial charge in [-0.25, -0.2) is 9.78 Å². The standard InChI is InChI=1S/C18H22N2O4/c1-5-23-15(21)11-19-13-8-6-7-12-9-10-14(20-16(12)13)17(22)24-18(2,3)4/h6-10,19H,5,11H2,1-4H3. The van der Waals surface area contributed by atoms with Gasteiger partial charge in [-0.05, 0) is 39.8 Å². The first-order chi connectivity index (χ1) is 11.3. The first kappa shape index (κ1) is 17.7. The molecule has 6 heteroatoms. The number of fused-ring (bicyclic) bond motifs is 1. The highest BCUT2D eigenvalue weighted by molar-refractivity contribution is 5.96. The summed E-state index contributed by atoms with van der Waals surface area (Å²) in [6.45, 7) is 7.53. The van der Waals surface area contributed by atoms with Crippen LogP contribution in [0.3, 0.4) is 0 Å². The topological polar surface area (TPSA) is 77.5 Å². The van der Waals surface area contributed by atoms with Gasteiger partial charge in [0.25, 0.3) is 0 Å². The lowest BCUT2D eigenvalue weighted by molar-refractivity contribution is -0.140. The second kappa shape index (κ2) is 7.29. The molecule has 0 spiro atoms. The number of hydrogen-bond donors (Lipinski definition) is 1. The van der Waals surface area contributed by atoms with Gasteiger partial charge in [-0.2, -0.15) is 0 Å². The molecule has 0 aliphatic rings. The summed E-state index contributed by atoms with van der Waals surface area (Å²) in [4.78, 5) is 28.1. The zero-order valence-electron chi connectivity index (χ0n) is 14.4. The van der Waals surface area contributed by atoms with Gasteiger partial charge in [-0.3, -0.25) is 4.79 Å². The van der Waals surface area contributed by atoms with E-state index in [4.69, 9.17) is 9.47 Å². The predicted molar refractivity (Wildman–Crippen MR) is 92.0 cm³/mol. The van der Waals surface area contributed by atoms with Crippen molar-refractivity contribution in [1.82, 2.24) is 4.98 Å². The van der Waals surface area contributed by atoms with Crippen molar-refractivity contribution in [2.45, 2.75) is 33.3 Å². The van der Waals surface area contributed by atoms with Crippen molar-refractivity contribution in [2.24, 2.45) is 0 Å². The predicted octanol–water partition coefficient (Wildman–Crippen LogP) is 3.17. The van der Waals surface area contributed by atoms with E-state index in [9.17, 15) is 9.59 Å². The minimum absolute atomic E-state index is 0.0330. The molecule has 6 nitrogen and oxygen atoms in total. The molecule has 0 saturated carbocycles. The second-order valence-corrected chi connectivity index (χ2v) is 6.23. The van der Waals surface area contributed by atoms with Crippen molar-refractivity contribution in [1.29, 1.82) is 0 Å². The Bertz CT molecular complexity index is 750. The monoisotopic (exact) mass is 330 g/mol. The molecule has 0 atom stereocenters. The molecule has 0 fully saturated rings. The summed E-state index contributed by atoms with van der Waals surface area (Å²) in [6.07, 6.45) is 0. The van der Waals surface area contributed by atoms with Crippen LogP contribution in [0.5, 0.6) is 0 Å². The first-order valence-corrected chi connectivity index (χ1v) is 7.83. The Kier molecular flexibility index (Phi) is 5.39. The normalized spacial score (nSPS) is 11.2. The SMILES string of the molecule is CCOC(=O)CNc1cccc2ccc(C(=O)OC(C)(C)C)nc12. The van der Waals surface area contributed by atoms with Gasteiger partial charge in [0.2, 0.25) is 0 Å². The highest BCUT2D eigenvalue weighted by atomic mass is 16.6. The van der Waals surface area contributed by atoms with Crippen LogP contribution in [-0.2, 0) is 14.3 Å². The van der Waals surface area contributed by atoms with E-state index in [2.05, 4.69) is 10.3 Å². The van der Waals surface area contributed by atoms with Gasteiger partial charge in [-0.1, -0.05) is 18.2 Å². The minimum Gasteiger partial charge on any atom is -0.465 e. The lowest BCUT2D eigenvalue weighted by atomic mass is 10.1. The third-order valence-corrected chi connectivity index (χ3v) is 3.06. The molecule has 1 aromatic heterocycles. The van der Waals surface area contributed by atoms with Crippen LogP contribution in [0, 0.1) is 0 Å². The number of benzene rings is 1. The fourth-order valence-corrected chi connectivity index (χ4v) is 2.11. The second-order valence-electron chi connectivity index (χ2n) is 6.23. The number of carbonyl (C=O) groups excluding carboxylic acids is 2. The van der Waals surface area contributed by atoms with Gasteiger partial charge in [0.05, 0.1) is 17.8 Å². The van der Waals surface area contributed by atoms with E-state index in [0.29, 0.717) is 17.8 Å². The summed E-state index contributed by atoms with van der Waals surface area (Å²) in [5, 5.41) is 3.86. The first-order valence-electron chi connectivity index (χ1n) is 7.83. The number of ether oxygens (including phenoxy) is 2. The number of nitrogens with zero attached hydrogens (tertiary/aromatic N) is 1. The van der Waals surface area contributed by atoms with E-state index >= 15 is 0 Å². The molecule has 24 heavy (non-hydrogen) atoms.